The van der Waals surface area contributed by atoms with E-state index in [1.165, 1.54) is 5.69 Å². The number of carbonyl (C=O) groups is 1. The molecule has 2 aliphatic heterocycles. The van der Waals surface area contributed by atoms with Gasteiger partial charge in [0.15, 0.2) is 0 Å². The zero-order valence-electron chi connectivity index (χ0n) is 18.8. The molecule has 2 aliphatic rings. The van der Waals surface area contributed by atoms with Gasteiger partial charge in [-0.15, -0.1) is 0 Å². The minimum absolute atomic E-state index is 0.237. The van der Waals surface area contributed by atoms with Crippen LogP contribution in [0.1, 0.15) is 18.5 Å². The van der Waals surface area contributed by atoms with E-state index in [-0.39, 0.29) is 6.09 Å². The van der Waals surface area contributed by atoms with Gasteiger partial charge in [0.1, 0.15) is 18.1 Å². The zero-order valence-corrected chi connectivity index (χ0v) is 18.8. The summed E-state index contributed by atoms with van der Waals surface area (Å²) in [5.41, 5.74) is 6.20. The number of fused-ring (bicyclic) bond motifs is 2. The lowest BCUT2D eigenvalue weighted by atomic mass is 9.96. The third-order valence-electron chi connectivity index (χ3n) is 6.42. The fourth-order valence-corrected chi connectivity index (χ4v) is 4.81. The smallest absolute Gasteiger partial charge is 0.409 e. The van der Waals surface area contributed by atoms with Gasteiger partial charge in [-0.05, 0) is 55.2 Å². The van der Waals surface area contributed by atoms with Gasteiger partial charge in [0.2, 0.25) is 0 Å². The minimum Gasteiger partial charge on any atom is -0.493 e. The largest absolute Gasteiger partial charge is 0.493 e. The Morgan fingerprint density at radius 1 is 1.06 bits per heavy atom. The summed E-state index contributed by atoms with van der Waals surface area (Å²) in [6.07, 6.45) is 6.28. The molecule has 4 aromatic rings. The summed E-state index contributed by atoms with van der Waals surface area (Å²) in [7, 11) is 0. The second-order valence-corrected chi connectivity index (χ2v) is 8.55. The summed E-state index contributed by atoms with van der Waals surface area (Å²) in [6, 6.07) is 14.0. The molecule has 0 N–H and O–H groups in total. The maximum absolute atomic E-state index is 11.5. The Morgan fingerprint density at radius 2 is 2.03 bits per heavy atom. The molecule has 1 saturated heterocycles. The maximum atomic E-state index is 11.5. The topological polar surface area (TPSA) is 82.4 Å². The Bertz CT molecular complexity index is 1350. The second kappa shape index (κ2) is 8.78. The van der Waals surface area contributed by atoms with E-state index in [1.54, 1.807) is 4.90 Å². The molecule has 8 heteroatoms. The Labute approximate surface area is 197 Å². The molecule has 0 atom stereocenters. The predicted molar refractivity (Wildman–Crippen MR) is 128 cm³/mol. The van der Waals surface area contributed by atoms with Crippen LogP contribution in [-0.4, -0.2) is 57.0 Å². The van der Waals surface area contributed by atoms with Crippen LogP contribution in [0.15, 0.2) is 54.9 Å². The van der Waals surface area contributed by atoms with Gasteiger partial charge in [-0.2, -0.15) is 5.10 Å². The number of cyclic esters (lactones) is 1. The van der Waals surface area contributed by atoms with Gasteiger partial charge in [0, 0.05) is 48.2 Å². The molecule has 0 radical (unpaired) electrons. The van der Waals surface area contributed by atoms with Crippen molar-refractivity contribution in [2.45, 2.75) is 25.8 Å². The molecule has 1 aromatic carbocycles. The first-order valence-corrected chi connectivity index (χ1v) is 11.7. The summed E-state index contributed by atoms with van der Waals surface area (Å²) < 4.78 is 13.0. The molecule has 0 unspecified atom stereocenters. The lowest BCUT2D eigenvalue weighted by Gasteiger charge is -2.13. The molecule has 172 valence electrons. The number of aromatic nitrogens is 4. The average Bonchev–Trinajstić information content (AvgIpc) is 3.58. The van der Waals surface area contributed by atoms with Crippen molar-refractivity contribution in [2.24, 2.45) is 0 Å². The fraction of sp³-hybridized carbons (Fsp3) is 0.308. The quantitative estimate of drug-likeness (QED) is 0.386. The third kappa shape index (κ3) is 3.75. The van der Waals surface area contributed by atoms with Gasteiger partial charge >= 0.3 is 6.09 Å². The minimum atomic E-state index is -0.237. The van der Waals surface area contributed by atoms with Crippen molar-refractivity contribution >= 4 is 17.0 Å². The van der Waals surface area contributed by atoms with Crippen LogP contribution in [0.2, 0.25) is 0 Å². The highest BCUT2D eigenvalue weighted by Gasteiger charge is 2.25. The molecular weight excluding hydrogens is 430 g/mol. The molecule has 0 aliphatic carbocycles. The number of pyridine rings is 2. The Kier molecular flexibility index (Phi) is 5.33. The molecule has 5 heterocycles. The molecule has 0 bridgehead atoms. The standard InChI is InChI=1S/C26H25N5O3/c32-26-30(14-16-34-26)12-4-15-33-18-7-8-19-20(9-11-28-22(19)17-18)24-23-6-3-13-31(23)29-25(24)21-5-1-2-10-27-21/h1-2,5,7-11,17H,3-4,6,12-16H2. The molecule has 1 fully saturated rings. The van der Waals surface area contributed by atoms with Crippen LogP contribution in [-0.2, 0) is 17.7 Å². The lowest BCUT2D eigenvalue weighted by molar-refractivity contribution is 0.156. The van der Waals surface area contributed by atoms with Crippen LogP contribution in [0.3, 0.4) is 0 Å². The lowest BCUT2D eigenvalue weighted by Crippen LogP contribution is -2.26. The van der Waals surface area contributed by atoms with Crippen molar-refractivity contribution in [3.63, 3.8) is 0 Å². The van der Waals surface area contributed by atoms with Crippen LogP contribution in [0, 0.1) is 0 Å². The summed E-state index contributed by atoms with van der Waals surface area (Å²) in [5.74, 6) is 0.770. The summed E-state index contributed by atoms with van der Waals surface area (Å²) in [6.45, 7) is 3.22. The van der Waals surface area contributed by atoms with Crippen molar-refractivity contribution in [3.8, 4) is 28.3 Å². The first kappa shape index (κ1) is 20.7. The number of ether oxygens (including phenoxy) is 2. The van der Waals surface area contributed by atoms with Crippen LogP contribution in [0.5, 0.6) is 5.75 Å². The van der Waals surface area contributed by atoms with Crippen molar-refractivity contribution < 1.29 is 14.3 Å². The van der Waals surface area contributed by atoms with Gasteiger partial charge in [-0.25, -0.2) is 4.79 Å². The van der Waals surface area contributed by atoms with Crippen LogP contribution in [0.25, 0.3) is 33.4 Å². The highest BCUT2D eigenvalue weighted by atomic mass is 16.6. The average molecular weight is 456 g/mol. The SMILES string of the molecule is O=C1OCCN1CCCOc1ccc2c(-c3c(-c4ccccn4)nn4c3CCC4)ccnc2c1. The van der Waals surface area contributed by atoms with Crippen LogP contribution in [0.4, 0.5) is 4.79 Å². The molecule has 0 saturated carbocycles. The van der Waals surface area contributed by atoms with Crippen molar-refractivity contribution in [1.82, 2.24) is 24.6 Å². The molecule has 1 amide bonds. The van der Waals surface area contributed by atoms with Gasteiger partial charge in [0.25, 0.3) is 0 Å². The Hall–Kier alpha value is -3.94. The van der Waals surface area contributed by atoms with Crippen molar-refractivity contribution in [3.05, 3.63) is 60.6 Å². The number of aryl methyl sites for hydroxylation is 1. The van der Waals surface area contributed by atoms with Gasteiger partial charge < -0.3 is 14.4 Å². The summed E-state index contributed by atoms with van der Waals surface area (Å²) in [4.78, 5) is 22.4. The first-order valence-electron chi connectivity index (χ1n) is 11.7. The monoisotopic (exact) mass is 455 g/mol. The summed E-state index contributed by atoms with van der Waals surface area (Å²) >= 11 is 0. The first-order chi connectivity index (χ1) is 16.8. The van der Waals surface area contributed by atoms with E-state index in [4.69, 9.17) is 14.6 Å². The van der Waals surface area contributed by atoms with Crippen molar-refractivity contribution in [1.29, 1.82) is 0 Å². The van der Waals surface area contributed by atoms with E-state index in [1.807, 2.05) is 42.7 Å². The number of hydrogen-bond donors (Lipinski definition) is 0. The molecule has 8 nitrogen and oxygen atoms in total. The van der Waals surface area contributed by atoms with E-state index in [2.05, 4.69) is 26.8 Å². The second-order valence-electron chi connectivity index (χ2n) is 8.55. The van der Waals surface area contributed by atoms with Gasteiger partial charge in [-0.1, -0.05) is 6.07 Å². The highest BCUT2D eigenvalue weighted by molar-refractivity contribution is 5.99. The Morgan fingerprint density at radius 3 is 2.88 bits per heavy atom. The van der Waals surface area contributed by atoms with E-state index < -0.39 is 0 Å². The van der Waals surface area contributed by atoms with Crippen LogP contribution >= 0.6 is 0 Å². The zero-order chi connectivity index (χ0) is 22.9. The normalized spacial score (nSPS) is 15.1. The predicted octanol–water partition coefficient (Wildman–Crippen LogP) is 4.33. The van der Waals surface area contributed by atoms with E-state index >= 15 is 0 Å². The number of carbonyl (C=O) groups excluding carboxylic acids is 1. The number of nitrogens with zero attached hydrogens (tertiary/aromatic N) is 5. The number of amides is 1. The number of hydrogen-bond acceptors (Lipinski definition) is 6. The van der Waals surface area contributed by atoms with Gasteiger partial charge in [-0.3, -0.25) is 14.6 Å². The number of rotatable bonds is 7. The molecule has 3 aromatic heterocycles. The molecule has 6 rings (SSSR count). The van der Waals surface area contributed by atoms with E-state index in [0.717, 1.165) is 65.0 Å². The Balaban J connectivity index is 1.28. The third-order valence-corrected chi connectivity index (χ3v) is 6.42. The van der Waals surface area contributed by atoms with E-state index in [9.17, 15) is 4.79 Å². The van der Waals surface area contributed by atoms with Crippen molar-refractivity contribution in [2.75, 3.05) is 26.3 Å². The fourth-order valence-electron chi connectivity index (χ4n) is 4.81. The summed E-state index contributed by atoms with van der Waals surface area (Å²) in [5, 5.41) is 5.99. The molecular formula is C26H25N5O3. The highest BCUT2D eigenvalue weighted by Crippen LogP contribution is 2.40. The molecule has 34 heavy (non-hydrogen) atoms. The maximum Gasteiger partial charge on any atom is 0.409 e. The van der Waals surface area contributed by atoms with E-state index in [0.29, 0.717) is 26.3 Å². The van der Waals surface area contributed by atoms with Crippen LogP contribution < -0.4 is 4.74 Å². The number of benzene rings is 1. The van der Waals surface area contributed by atoms with Gasteiger partial charge in [0.05, 0.1) is 24.4 Å². The molecule has 0 spiro atoms.